The summed E-state index contributed by atoms with van der Waals surface area (Å²) in [6.07, 6.45) is 0. The lowest BCUT2D eigenvalue weighted by Crippen LogP contribution is -2.32. The summed E-state index contributed by atoms with van der Waals surface area (Å²) in [6, 6.07) is 4.41. The summed E-state index contributed by atoms with van der Waals surface area (Å²) in [5.74, 6) is -0.117. The number of carboxylic acid groups (broad SMARTS) is 1. The van der Waals surface area contributed by atoms with Crippen LogP contribution in [0.5, 0.6) is 0 Å². The van der Waals surface area contributed by atoms with Crippen molar-refractivity contribution in [2.75, 3.05) is 5.75 Å². The van der Waals surface area contributed by atoms with Crippen LogP contribution in [0.15, 0.2) is 18.2 Å². The van der Waals surface area contributed by atoms with Crippen molar-refractivity contribution in [3.8, 4) is 0 Å². The third kappa shape index (κ3) is 3.87. The summed E-state index contributed by atoms with van der Waals surface area (Å²) < 4.78 is 0. The van der Waals surface area contributed by atoms with Crippen molar-refractivity contribution >= 4 is 40.9 Å². The molecule has 0 aromatic heterocycles. The van der Waals surface area contributed by atoms with Crippen molar-refractivity contribution in [3.63, 3.8) is 0 Å². The van der Waals surface area contributed by atoms with Gasteiger partial charge in [0.05, 0.1) is 0 Å². The molecule has 3 N–H and O–H groups in total. The van der Waals surface area contributed by atoms with Crippen molar-refractivity contribution in [2.45, 2.75) is 11.8 Å². The van der Waals surface area contributed by atoms with Crippen molar-refractivity contribution in [2.24, 2.45) is 5.73 Å². The van der Waals surface area contributed by atoms with E-state index < -0.39 is 12.0 Å². The highest BCUT2D eigenvalue weighted by atomic mass is 35.5. The van der Waals surface area contributed by atoms with Gasteiger partial charge in [0.15, 0.2) is 0 Å². The van der Waals surface area contributed by atoms with Crippen molar-refractivity contribution in [1.29, 1.82) is 0 Å². The quantitative estimate of drug-likeness (QED) is 0.870. The maximum Gasteiger partial charge on any atom is 0.321 e. The Morgan fingerprint density at radius 1 is 1.44 bits per heavy atom. The van der Waals surface area contributed by atoms with Crippen LogP contribution in [0.2, 0.25) is 10.0 Å². The lowest BCUT2D eigenvalue weighted by atomic mass is 10.2. The number of carbonyl (C=O) groups is 1. The molecule has 0 aliphatic rings. The lowest BCUT2D eigenvalue weighted by molar-refractivity contribution is -0.137. The van der Waals surface area contributed by atoms with E-state index in [1.165, 1.54) is 11.8 Å². The molecule has 0 heterocycles. The number of rotatable bonds is 5. The van der Waals surface area contributed by atoms with E-state index in [2.05, 4.69) is 0 Å². The van der Waals surface area contributed by atoms with E-state index in [-0.39, 0.29) is 0 Å². The standard InChI is InChI=1S/C10H11Cl2NO2S/c11-7-2-1-3-8(12)6(7)4-16-5-9(13)10(14)15/h1-3,9H,4-5,13H2,(H,14,15)/t9-/m1/s1. The van der Waals surface area contributed by atoms with Crippen LogP contribution in [0.4, 0.5) is 0 Å². The summed E-state index contributed by atoms with van der Waals surface area (Å²) in [7, 11) is 0. The summed E-state index contributed by atoms with van der Waals surface area (Å²) in [5.41, 5.74) is 6.18. The fourth-order valence-electron chi connectivity index (χ4n) is 1.03. The second-order valence-corrected chi connectivity index (χ2v) is 5.00. The van der Waals surface area contributed by atoms with E-state index in [4.69, 9.17) is 34.0 Å². The zero-order chi connectivity index (χ0) is 12.1. The average Bonchev–Trinajstić information content (AvgIpc) is 2.22. The first-order valence-electron chi connectivity index (χ1n) is 4.51. The molecule has 0 amide bonds. The molecule has 1 rings (SSSR count). The van der Waals surface area contributed by atoms with Gasteiger partial charge < -0.3 is 10.8 Å². The monoisotopic (exact) mass is 279 g/mol. The second kappa shape index (κ2) is 6.35. The number of hydrogen-bond donors (Lipinski definition) is 2. The van der Waals surface area contributed by atoms with Gasteiger partial charge >= 0.3 is 5.97 Å². The first-order valence-corrected chi connectivity index (χ1v) is 6.42. The van der Waals surface area contributed by atoms with Gasteiger partial charge in [-0.15, -0.1) is 0 Å². The number of benzene rings is 1. The number of aliphatic carboxylic acids is 1. The Labute approximate surface area is 108 Å². The minimum absolute atomic E-state index is 0.330. The maximum atomic E-state index is 10.5. The molecule has 3 nitrogen and oxygen atoms in total. The maximum absolute atomic E-state index is 10.5. The van der Waals surface area contributed by atoms with Gasteiger partial charge in [0.25, 0.3) is 0 Å². The van der Waals surface area contributed by atoms with Crippen LogP contribution < -0.4 is 5.73 Å². The molecule has 0 bridgehead atoms. The Morgan fingerprint density at radius 3 is 2.50 bits per heavy atom. The van der Waals surface area contributed by atoms with Crippen LogP contribution >= 0.6 is 35.0 Å². The zero-order valence-corrected chi connectivity index (χ0v) is 10.6. The molecule has 1 atom stereocenters. The van der Waals surface area contributed by atoms with Crippen molar-refractivity contribution in [3.05, 3.63) is 33.8 Å². The largest absolute Gasteiger partial charge is 0.480 e. The SMILES string of the molecule is N[C@H](CSCc1c(Cl)cccc1Cl)C(=O)O. The Kier molecular flexibility index (Phi) is 5.41. The molecule has 1 aromatic rings. The normalized spacial score (nSPS) is 12.4. The van der Waals surface area contributed by atoms with Crippen LogP contribution in [0.1, 0.15) is 5.56 Å². The molecule has 0 radical (unpaired) electrons. The smallest absolute Gasteiger partial charge is 0.321 e. The molecular formula is C10H11Cl2NO2S. The highest BCUT2D eigenvalue weighted by Gasteiger charge is 2.12. The average molecular weight is 280 g/mol. The van der Waals surface area contributed by atoms with Gasteiger partial charge in [-0.05, 0) is 17.7 Å². The third-order valence-corrected chi connectivity index (χ3v) is 3.72. The minimum atomic E-state index is -1.00. The van der Waals surface area contributed by atoms with Crippen LogP contribution in [0.3, 0.4) is 0 Å². The van der Waals surface area contributed by atoms with E-state index >= 15 is 0 Å². The molecule has 0 saturated carbocycles. The van der Waals surface area contributed by atoms with Crippen LogP contribution in [-0.2, 0) is 10.5 Å². The summed E-state index contributed by atoms with van der Waals surface area (Å²) in [6.45, 7) is 0. The summed E-state index contributed by atoms with van der Waals surface area (Å²) >= 11 is 13.3. The van der Waals surface area contributed by atoms with Crippen LogP contribution in [-0.4, -0.2) is 22.9 Å². The molecule has 88 valence electrons. The fraction of sp³-hybridized carbons (Fsp3) is 0.300. The molecule has 6 heteroatoms. The summed E-state index contributed by atoms with van der Waals surface area (Å²) in [5, 5.41) is 9.77. The number of hydrogen-bond acceptors (Lipinski definition) is 3. The molecule has 0 unspecified atom stereocenters. The molecule has 0 fully saturated rings. The van der Waals surface area contributed by atoms with Gasteiger partial charge in [-0.2, -0.15) is 11.8 Å². The molecule has 0 saturated heterocycles. The highest BCUT2D eigenvalue weighted by molar-refractivity contribution is 7.98. The van der Waals surface area contributed by atoms with Gasteiger partial charge in [-0.1, -0.05) is 29.3 Å². The number of thioether (sulfide) groups is 1. The van der Waals surface area contributed by atoms with E-state index in [9.17, 15) is 4.79 Å². The Hall–Kier alpha value is -0.420. The zero-order valence-electron chi connectivity index (χ0n) is 8.32. The Morgan fingerprint density at radius 2 is 2.00 bits per heavy atom. The topological polar surface area (TPSA) is 63.3 Å². The lowest BCUT2D eigenvalue weighted by Gasteiger charge is -2.08. The molecule has 0 aliphatic heterocycles. The predicted octanol–water partition coefficient (Wildman–Crippen LogP) is 2.64. The summed E-state index contributed by atoms with van der Waals surface area (Å²) in [4.78, 5) is 10.5. The van der Waals surface area contributed by atoms with E-state index in [1.54, 1.807) is 18.2 Å². The van der Waals surface area contributed by atoms with Crippen LogP contribution in [0.25, 0.3) is 0 Å². The molecule has 0 spiro atoms. The van der Waals surface area contributed by atoms with E-state index in [0.29, 0.717) is 21.6 Å². The second-order valence-electron chi connectivity index (χ2n) is 3.16. The predicted molar refractivity (Wildman–Crippen MR) is 68.2 cm³/mol. The highest BCUT2D eigenvalue weighted by Crippen LogP contribution is 2.28. The van der Waals surface area contributed by atoms with Gasteiger partial charge in [0.1, 0.15) is 6.04 Å². The molecular weight excluding hydrogens is 269 g/mol. The number of halogens is 2. The van der Waals surface area contributed by atoms with E-state index in [0.717, 1.165) is 5.56 Å². The molecule has 16 heavy (non-hydrogen) atoms. The molecule has 1 aromatic carbocycles. The third-order valence-electron chi connectivity index (χ3n) is 1.92. The van der Waals surface area contributed by atoms with Crippen LogP contribution in [0, 0.1) is 0 Å². The minimum Gasteiger partial charge on any atom is -0.480 e. The Balaban J connectivity index is 2.52. The van der Waals surface area contributed by atoms with Gasteiger partial charge in [-0.25, -0.2) is 0 Å². The van der Waals surface area contributed by atoms with Crippen molar-refractivity contribution < 1.29 is 9.90 Å². The van der Waals surface area contributed by atoms with Crippen molar-refractivity contribution in [1.82, 2.24) is 0 Å². The molecule has 0 aliphatic carbocycles. The van der Waals surface area contributed by atoms with E-state index in [1.807, 2.05) is 0 Å². The number of nitrogens with two attached hydrogens (primary N) is 1. The van der Waals surface area contributed by atoms with Gasteiger partial charge in [-0.3, -0.25) is 4.79 Å². The first-order chi connectivity index (χ1) is 7.52. The van der Waals surface area contributed by atoms with Gasteiger partial charge in [0.2, 0.25) is 0 Å². The Bertz CT molecular complexity index is 367. The number of carboxylic acids is 1. The van der Waals surface area contributed by atoms with Gasteiger partial charge in [0, 0.05) is 21.6 Å². The fourth-order valence-corrected chi connectivity index (χ4v) is 2.75. The first kappa shape index (κ1) is 13.6.